The number of nitrogens with zero attached hydrogens (tertiary/aromatic N) is 3. The molecule has 1 saturated carbocycles. The zero-order valence-corrected chi connectivity index (χ0v) is 18.3. The molecule has 1 aromatic heterocycles. The third-order valence-electron chi connectivity index (χ3n) is 5.48. The summed E-state index contributed by atoms with van der Waals surface area (Å²) in [6, 6.07) is 5.55. The van der Waals surface area contributed by atoms with Gasteiger partial charge >= 0.3 is 0 Å². The zero-order chi connectivity index (χ0) is 21.6. The van der Waals surface area contributed by atoms with Gasteiger partial charge in [-0.15, -0.1) is 10.2 Å². The van der Waals surface area contributed by atoms with Crippen LogP contribution in [0.2, 0.25) is 0 Å². The number of rotatable bonds is 9. The second kappa shape index (κ2) is 10.1. The van der Waals surface area contributed by atoms with E-state index in [4.69, 9.17) is 14.2 Å². The molecule has 4 rings (SSSR count). The lowest BCUT2D eigenvalue weighted by atomic mass is 10.1. The van der Waals surface area contributed by atoms with Crippen LogP contribution in [0.3, 0.4) is 0 Å². The molecule has 0 saturated heterocycles. The average molecular weight is 447 g/mol. The van der Waals surface area contributed by atoms with Crippen LogP contribution in [0.5, 0.6) is 11.5 Å². The Kier molecular flexibility index (Phi) is 6.98. The van der Waals surface area contributed by atoms with Gasteiger partial charge in [-0.1, -0.05) is 24.2 Å². The molecule has 1 aliphatic heterocycles. The number of carbonyl (C=O) groups is 2. The molecule has 2 aliphatic rings. The van der Waals surface area contributed by atoms with Crippen molar-refractivity contribution in [1.82, 2.24) is 15.1 Å². The minimum Gasteiger partial charge on any atom is -0.454 e. The van der Waals surface area contributed by atoms with Crippen LogP contribution in [-0.4, -0.2) is 60.5 Å². The molecular formula is C21H26N4O5S. The SMILES string of the molecule is COCCN(CCC(=O)Nc1nnc(-c2ccc3c(c2)OCO3)s1)C(=O)C1CCCC1. The van der Waals surface area contributed by atoms with Crippen molar-refractivity contribution < 1.29 is 23.8 Å². The van der Waals surface area contributed by atoms with Gasteiger partial charge in [0, 0.05) is 38.1 Å². The van der Waals surface area contributed by atoms with Gasteiger partial charge in [0.1, 0.15) is 5.01 Å². The van der Waals surface area contributed by atoms with Crippen LogP contribution < -0.4 is 14.8 Å². The Balaban J connectivity index is 1.32. The first-order chi connectivity index (χ1) is 15.1. The van der Waals surface area contributed by atoms with Crippen LogP contribution in [0.15, 0.2) is 18.2 Å². The third-order valence-corrected chi connectivity index (χ3v) is 6.37. The molecule has 0 atom stereocenters. The molecule has 1 fully saturated rings. The van der Waals surface area contributed by atoms with E-state index in [2.05, 4.69) is 15.5 Å². The van der Waals surface area contributed by atoms with Crippen molar-refractivity contribution in [1.29, 1.82) is 0 Å². The largest absolute Gasteiger partial charge is 0.454 e. The molecule has 9 nitrogen and oxygen atoms in total. The second-order valence-corrected chi connectivity index (χ2v) is 8.56. The summed E-state index contributed by atoms with van der Waals surface area (Å²) in [6.07, 6.45) is 4.25. The number of carbonyl (C=O) groups excluding carboxylic acids is 2. The van der Waals surface area contributed by atoms with Gasteiger partial charge in [-0.05, 0) is 31.0 Å². The average Bonchev–Trinajstić information content (AvgIpc) is 3.54. The summed E-state index contributed by atoms with van der Waals surface area (Å²) >= 11 is 1.28. The summed E-state index contributed by atoms with van der Waals surface area (Å²) in [4.78, 5) is 27.0. The minimum atomic E-state index is -0.199. The zero-order valence-electron chi connectivity index (χ0n) is 17.5. The molecule has 2 aromatic rings. The van der Waals surface area contributed by atoms with Crippen LogP contribution in [-0.2, 0) is 14.3 Å². The number of amides is 2. The van der Waals surface area contributed by atoms with Crippen molar-refractivity contribution in [2.75, 3.05) is 38.9 Å². The number of ether oxygens (including phenoxy) is 3. The van der Waals surface area contributed by atoms with E-state index in [1.54, 1.807) is 12.0 Å². The molecule has 166 valence electrons. The molecule has 0 spiro atoms. The first-order valence-corrected chi connectivity index (χ1v) is 11.3. The van der Waals surface area contributed by atoms with Crippen LogP contribution in [0.4, 0.5) is 5.13 Å². The maximum Gasteiger partial charge on any atom is 0.231 e. The summed E-state index contributed by atoms with van der Waals surface area (Å²) in [5, 5.41) is 12.1. The maximum atomic E-state index is 12.8. The Bertz CT molecular complexity index is 928. The highest BCUT2D eigenvalue weighted by molar-refractivity contribution is 7.18. The van der Waals surface area contributed by atoms with E-state index >= 15 is 0 Å². The van der Waals surface area contributed by atoms with Gasteiger partial charge in [0.05, 0.1) is 6.61 Å². The van der Waals surface area contributed by atoms with E-state index in [1.807, 2.05) is 18.2 Å². The number of hydrogen-bond donors (Lipinski definition) is 1. The summed E-state index contributed by atoms with van der Waals surface area (Å²) < 4.78 is 15.8. The Morgan fingerprint density at radius 3 is 2.81 bits per heavy atom. The van der Waals surface area contributed by atoms with E-state index in [9.17, 15) is 9.59 Å². The lowest BCUT2D eigenvalue weighted by Gasteiger charge is -2.25. The third kappa shape index (κ3) is 5.31. The first kappa shape index (κ1) is 21.5. The van der Waals surface area contributed by atoms with E-state index in [0.29, 0.717) is 41.3 Å². The summed E-state index contributed by atoms with van der Waals surface area (Å²) in [5.74, 6) is 1.37. The van der Waals surface area contributed by atoms with E-state index in [-0.39, 0.29) is 30.9 Å². The number of fused-ring (bicyclic) bond motifs is 1. The molecule has 2 amide bonds. The van der Waals surface area contributed by atoms with Crippen molar-refractivity contribution in [3.05, 3.63) is 18.2 Å². The standard InChI is InChI=1S/C21H26N4O5S/c1-28-11-10-25(20(27)14-4-2-3-5-14)9-8-18(26)22-21-24-23-19(31-21)15-6-7-16-17(12-15)30-13-29-16/h6-7,12,14H,2-5,8-11,13H2,1H3,(H,22,24,26). The van der Waals surface area contributed by atoms with Gasteiger partial charge in [0.15, 0.2) is 11.5 Å². The molecule has 1 aliphatic carbocycles. The van der Waals surface area contributed by atoms with Crippen molar-refractivity contribution >= 4 is 28.3 Å². The quantitative estimate of drug-likeness (QED) is 0.632. The van der Waals surface area contributed by atoms with E-state index in [0.717, 1.165) is 31.2 Å². The van der Waals surface area contributed by atoms with Crippen LogP contribution in [0.1, 0.15) is 32.1 Å². The van der Waals surface area contributed by atoms with Gasteiger partial charge in [-0.25, -0.2) is 0 Å². The van der Waals surface area contributed by atoms with E-state index < -0.39 is 0 Å². The fourth-order valence-electron chi connectivity index (χ4n) is 3.80. The number of aromatic nitrogens is 2. The van der Waals surface area contributed by atoms with Crippen LogP contribution in [0, 0.1) is 5.92 Å². The highest BCUT2D eigenvalue weighted by Gasteiger charge is 2.27. The van der Waals surface area contributed by atoms with Crippen LogP contribution >= 0.6 is 11.3 Å². The lowest BCUT2D eigenvalue weighted by Crippen LogP contribution is -2.39. The second-order valence-electron chi connectivity index (χ2n) is 7.58. The molecule has 1 N–H and O–H groups in total. The maximum absolute atomic E-state index is 12.8. The monoisotopic (exact) mass is 446 g/mol. The highest BCUT2D eigenvalue weighted by Crippen LogP contribution is 2.37. The highest BCUT2D eigenvalue weighted by atomic mass is 32.1. The fourth-order valence-corrected chi connectivity index (χ4v) is 4.56. The fraction of sp³-hybridized carbons (Fsp3) is 0.524. The lowest BCUT2D eigenvalue weighted by molar-refractivity contribution is -0.136. The van der Waals surface area contributed by atoms with Crippen molar-refractivity contribution in [2.24, 2.45) is 5.92 Å². The number of hydrogen-bond acceptors (Lipinski definition) is 8. The van der Waals surface area contributed by atoms with Gasteiger partial charge in [-0.2, -0.15) is 0 Å². The Labute approximate surface area is 184 Å². The van der Waals surface area contributed by atoms with Gasteiger partial charge in [-0.3, -0.25) is 9.59 Å². The van der Waals surface area contributed by atoms with Crippen molar-refractivity contribution in [3.63, 3.8) is 0 Å². The topological polar surface area (TPSA) is 103 Å². The minimum absolute atomic E-state index is 0.0762. The van der Waals surface area contributed by atoms with E-state index in [1.165, 1.54) is 11.3 Å². The molecule has 1 aromatic carbocycles. The number of anilines is 1. The van der Waals surface area contributed by atoms with Gasteiger partial charge in [0.25, 0.3) is 0 Å². The summed E-state index contributed by atoms with van der Waals surface area (Å²) in [5.41, 5.74) is 0.843. The predicted octanol–water partition coefficient (Wildman–Crippen LogP) is 2.93. The summed E-state index contributed by atoms with van der Waals surface area (Å²) in [6.45, 7) is 1.51. The predicted molar refractivity (Wildman–Crippen MR) is 115 cm³/mol. The number of methoxy groups -OCH3 is 1. The Hall–Kier alpha value is -2.72. The Morgan fingerprint density at radius 2 is 2.00 bits per heavy atom. The summed E-state index contributed by atoms with van der Waals surface area (Å²) in [7, 11) is 1.61. The van der Waals surface area contributed by atoms with Crippen LogP contribution in [0.25, 0.3) is 10.6 Å². The molecule has 0 bridgehead atoms. The Morgan fingerprint density at radius 1 is 1.19 bits per heavy atom. The number of nitrogens with one attached hydrogen (secondary N) is 1. The smallest absolute Gasteiger partial charge is 0.231 e. The molecule has 2 heterocycles. The van der Waals surface area contributed by atoms with Crippen molar-refractivity contribution in [3.8, 4) is 22.1 Å². The van der Waals surface area contributed by atoms with Gasteiger partial charge in [0.2, 0.25) is 23.7 Å². The van der Waals surface area contributed by atoms with Gasteiger partial charge < -0.3 is 24.4 Å². The first-order valence-electron chi connectivity index (χ1n) is 10.4. The molecule has 10 heteroatoms. The molecule has 0 radical (unpaired) electrons. The van der Waals surface area contributed by atoms with Crippen molar-refractivity contribution in [2.45, 2.75) is 32.1 Å². The normalized spacial score (nSPS) is 15.3. The molecular weight excluding hydrogens is 420 g/mol. The number of benzene rings is 1. The molecule has 31 heavy (non-hydrogen) atoms. The molecule has 0 unspecified atom stereocenters.